The van der Waals surface area contributed by atoms with Gasteiger partial charge in [0.2, 0.25) is 0 Å². The number of nitrogens with one attached hydrogen (secondary N) is 1. The first-order valence-electron chi connectivity index (χ1n) is 8.73. The first kappa shape index (κ1) is 18.0. The molecule has 0 spiro atoms. The summed E-state index contributed by atoms with van der Waals surface area (Å²) in [5, 5.41) is 15.0. The fourth-order valence-electron chi connectivity index (χ4n) is 3.29. The normalized spacial score (nSPS) is 21.1. The molecule has 132 valence electrons. The van der Waals surface area contributed by atoms with E-state index in [9.17, 15) is 5.11 Å². The van der Waals surface area contributed by atoms with Crippen molar-refractivity contribution in [1.29, 1.82) is 0 Å². The summed E-state index contributed by atoms with van der Waals surface area (Å²) in [6, 6.07) is 11.8. The molecular formula is C21H25ClN2O. The molecule has 1 atom stereocenters. The second-order valence-electron chi connectivity index (χ2n) is 7.44. The van der Waals surface area contributed by atoms with Crippen LogP contribution in [0.25, 0.3) is 0 Å². The van der Waals surface area contributed by atoms with Crippen molar-refractivity contribution in [3.8, 4) is 0 Å². The van der Waals surface area contributed by atoms with Gasteiger partial charge in [-0.15, -0.1) is 0 Å². The summed E-state index contributed by atoms with van der Waals surface area (Å²) in [6.07, 6.45) is 0. The molecule has 0 saturated heterocycles. The zero-order chi connectivity index (χ0) is 18.4. The van der Waals surface area contributed by atoms with E-state index in [2.05, 4.69) is 51.2 Å². The number of para-hydroxylation sites is 1. The lowest BCUT2D eigenvalue weighted by Crippen LogP contribution is -2.30. The van der Waals surface area contributed by atoms with E-state index in [1.165, 1.54) is 11.1 Å². The van der Waals surface area contributed by atoms with E-state index >= 15 is 0 Å². The summed E-state index contributed by atoms with van der Waals surface area (Å²) in [4.78, 5) is 4.91. The van der Waals surface area contributed by atoms with Gasteiger partial charge < -0.3 is 10.4 Å². The third-order valence-corrected chi connectivity index (χ3v) is 5.02. The van der Waals surface area contributed by atoms with Gasteiger partial charge in [-0.2, -0.15) is 0 Å². The van der Waals surface area contributed by atoms with Crippen LogP contribution in [-0.2, 0) is 5.60 Å². The first-order chi connectivity index (χ1) is 11.7. The van der Waals surface area contributed by atoms with Crippen molar-refractivity contribution in [2.45, 2.75) is 52.1 Å². The molecule has 1 aliphatic rings. The summed E-state index contributed by atoms with van der Waals surface area (Å²) in [7, 11) is 0. The van der Waals surface area contributed by atoms with Gasteiger partial charge in [-0.3, -0.25) is 0 Å². The van der Waals surface area contributed by atoms with E-state index in [4.69, 9.17) is 16.6 Å². The van der Waals surface area contributed by atoms with E-state index in [1.807, 2.05) is 12.1 Å². The average molecular weight is 357 g/mol. The van der Waals surface area contributed by atoms with Crippen molar-refractivity contribution in [1.82, 2.24) is 0 Å². The molecule has 0 bridgehead atoms. The average Bonchev–Trinajstić information content (AvgIpc) is 2.78. The number of aliphatic hydroxyl groups is 1. The van der Waals surface area contributed by atoms with Crippen LogP contribution in [0.3, 0.4) is 0 Å². The molecule has 1 heterocycles. The summed E-state index contributed by atoms with van der Waals surface area (Å²) in [5.41, 5.74) is 3.73. The second-order valence-corrected chi connectivity index (χ2v) is 7.88. The van der Waals surface area contributed by atoms with Crippen LogP contribution in [-0.4, -0.2) is 10.9 Å². The monoisotopic (exact) mass is 356 g/mol. The quantitative estimate of drug-likeness (QED) is 0.713. The molecule has 2 N–H and O–H groups in total. The topological polar surface area (TPSA) is 44.6 Å². The highest BCUT2D eigenvalue weighted by Gasteiger charge is 2.39. The van der Waals surface area contributed by atoms with Crippen LogP contribution in [0.15, 0.2) is 41.4 Å². The Hall–Kier alpha value is -1.84. The van der Waals surface area contributed by atoms with Gasteiger partial charge in [0.25, 0.3) is 0 Å². The molecule has 1 unspecified atom stereocenters. The minimum atomic E-state index is -1.20. The molecular weight excluding hydrogens is 332 g/mol. The number of hydrogen-bond donors (Lipinski definition) is 2. The van der Waals surface area contributed by atoms with Crippen molar-refractivity contribution in [3.63, 3.8) is 0 Å². The maximum Gasteiger partial charge on any atom is 0.146 e. The van der Waals surface area contributed by atoms with E-state index in [-0.39, 0.29) is 0 Å². The SMILES string of the molecule is CC(C)c1cccc(C(C)C)c1N=C1Nc2ccc(Cl)cc2C1(C)O. The van der Waals surface area contributed by atoms with Crippen molar-refractivity contribution >= 4 is 28.8 Å². The van der Waals surface area contributed by atoms with Gasteiger partial charge in [0.1, 0.15) is 11.4 Å². The minimum absolute atomic E-state index is 0.348. The van der Waals surface area contributed by atoms with Gasteiger partial charge in [0.05, 0.1) is 5.69 Å². The number of rotatable bonds is 3. The fourth-order valence-corrected chi connectivity index (χ4v) is 3.47. The van der Waals surface area contributed by atoms with Gasteiger partial charge in [-0.25, -0.2) is 4.99 Å². The van der Waals surface area contributed by atoms with Crippen molar-refractivity contribution in [2.75, 3.05) is 5.32 Å². The summed E-state index contributed by atoms with van der Waals surface area (Å²) in [6.45, 7) is 10.4. The standard InChI is InChI=1S/C21H25ClN2O/c1-12(2)15-7-6-8-16(13(3)4)19(15)24-20-21(5,25)17-11-14(22)9-10-18(17)23-20/h6-13,25H,1-5H3,(H,23,24). The van der Waals surface area contributed by atoms with Crippen LogP contribution in [0.1, 0.15) is 63.1 Å². The van der Waals surface area contributed by atoms with E-state index in [0.29, 0.717) is 22.7 Å². The Balaban J connectivity index is 2.17. The third kappa shape index (κ3) is 3.19. The molecule has 2 aromatic rings. The highest BCUT2D eigenvalue weighted by atomic mass is 35.5. The predicted octanol–water partition coefficient (Wildman–Crippen LogP) is 5.95. The maximum atomic E-state index is 11.1. The molecule has 2 aromatic carbocycles. The molecule has 4 heteroatoms. The van der Waals surface area contributed by atoms with Crippen molar-refractivity contribution in [3.05, 3.63) is 58.1 Å². The summed E-state index contributed by atoms with van der Waals surface area (Å²) < 4.78 is 0. The summed E-state index contributed by atoms with van der Waals surface area (Å²) >= 11 is 6.11. The number of anilines is 1. The molecule has 0 radical (unpaired) electrons. The highest BCUT2D eigenvalue weighted by molar-refractivity contribution is 6.31. The van der Waals surface area contributed by atoms with Crippen molar-refractivity contribution in [2.24, 2.45) is 4.99 Å². The van der Waals surface area contributed by atoms with E-state index in [1.54, 1.807) is 13.0 Å². The lowest BCUT2D eigenvalue weighted by molar-refractivity contribution is 0.137. The number of amidine groups is 1. The number of halogens is 1. The van der Waals surface area contributed by atoms with E-state index < -0.39 is 5.60 Å². The van der Waals surface area contributed by atoms with E-state index in [0.717, 1.165) is 16.9 Å². The van der Waals surface area contributed by atoms with Gasteiger partial charge in [0, 0.05) is 16.3 Å². The highest BCUT2D eigenvalue weighted by Crippen LogP contribution is 2.41. The van der Waals surface area contributed by atoms with Crippen LogP contribution < -0.4 is 5.32 Å². The smallest absolute Gasteiger partial charge is 0.146 e. The van der Waals surface area contributed by atoms with Crippen LogP contribution in [0.4, 0.5) is 11.4 Å². The van der Waals surface area contributed by atoms with Crippen LogP contribution in [0.5, 0.6) is 0 Å². The Kier molecular flexibility index (Phi) is 4.65. The lowest BCUT2D eigenvalue weighted by atomic mass is 9.92. The van der Waals surface area contributed by atoms with Crippen LogP contribution in [0.2, 0.25) is 5.02 Å². The Bertz CT molecular complexity index is 812. The van der Waals surface area contributed by atoms with Crippen LogP contribution in [0, 0.1) is 0 Å². The summed E-state index contributed by atoms with van der Waals surface area (Å²) in [5.74, 6) is 1.24. The fraction of sp³-hybridized carbons (Fsp3) is 0.381. The zero-order valence-electron chi connectivity index (χ0n) is 15.4. The van der Waals surface area contributed by atoms with Gasteiger partial charge in [0.15, 0.2) is 0 Å². The Morgan fingerprint density at radius 1 is 1.04 bits per heavy atom. The number of hydrogen-bond acceptors (Lipinski definition) is 2. The molecule has 0 saturated carbocycles. The lowest BCUT2D eigenvalue weighted by Gasteiger charge is -2.21. The number of aliphatic imine (C=N–C) groups is 1. The largest absolute Gasteiger partial charge is 0.377 e. The van der Waals surface area contributed by atoms with Gasteiger partial charge in [-0.05, 0) is 48.1 Å². The number of nitrogens with zero attached hydrogens (tertiary/aromatic N) is 1. The van der Waals surface area contributed by atoms with Gasteiger partial charge >= 0.3 is 0 Å². The first-order valence-corrected chi connectivity index (χ1v) is 9.11. The Morgan fingerprint density at radius 3 is 2.20 bits per heavy atom. The third-order valence-electron chi connectivity index (χ3n) is 4.79. The molecule has 0 aliphatic carbocycles. The molecule has 0 fully saturated rings. The van der Waals surface area contributed by atoms with Crippen LogP contribution >= 0.6 is 11.6 Å². The number of fused-ring (bicyclic) bond motifs is 1. The Morgan fingerprint density at radius 2 is 1.64 bits per heavy atom. The molecule has 1 aliphatic heterocycles. The molecule has 0 amide bonds. The molecule has 3 rings (SSSR count). The minimum Gasteiger partial charge on any atom is -0.377 e. The second kappa shape index (κ2) is 6.47. The molecule has 3 nitrogen and oxygen atoms in total. The predicted molar refractivity (Wildman–Crippen MR) is 106 cm³/mol. The molecule has 25 heavy (non-hydrogen) atoms. The van der Waals surface area contributed by atoms with Gasteiger partial charge in [-0.1, -0.05) is 57.5 Å². The Labute approximate surface area is 154 Å². The van der Waals surface area contributed by atoms with Crippen molar-refractivity contribution < 1.29 is 5.11 Å². The molecule has 0 aromatic heterocycles. The number of benzene rings is 2. The zero-order valence-corrected chi connectivity index (χ0v) is 16.1. The maximum absolute atomic E-state index is 11.1.